The van der Waals surface area contributed by atoms with Crippen LogP contribution in [0.4, 0.5) is 0 Å². The van der Waals surface area contributed by atoms with Crippen LogP contribution in [-0.2, 0) is 4.79 Å². The highest BCUT2D eigenvalue weighted by atomic mass is 35.5. The van der Waals surface area contributed by atoms with Crippen molar-refractivity contribution in [2.45, 2.75) is 46.6 Å². The van der Waals surface area contributed by atoms with E-state index in [0.717, 1.165) is 39.0 Å². The second-order valence-corrected chi connectivity index (χ2v) is 6.03. The molecule has 1 saturated heterocycles. The van der Waals surface area contributed by atoms with Crippen LogP contribution in [0.3, 0.4) is 0 Å². The number of carbonyl (C=O) groups excluding carboxylic acids is 1. The Bertz CT molecular complexity index is 269. The van der Waals surface area contributed by atoms with Gasteiger partial charge in [-0.1, -0.05) is 13.8 Å². The lowest BCUT2D eigenvalue weighted by atomic mass is 9.92. The topological polar surface area (TPSA) is 23.6 Å². The molecule has 1 rings (SSSR count). The van der Waals surface area contributed by atoms with E-state index in [0.29, 0.717) is 11.9 Å². The molecular weight excluding hydrogens is 248 g/mol. The standard InChI is InChI=1S/C14H27ClN2O/c1-5-16(6-2)12-7-9-17(10-8-12)13(18)14(3,4)11-15/h12H,5-11H2,1-4H3. The van der Waals surface area contributed by atoms with Crippen molar-refractivity contribution in [3.8, 4) is 0 Å². The van der Waals surface area contributed by atoms with Gasteiger partial charge in [-0.2, -0.15) is 0 Å². The third kappa shape index (κ3) is 3.61. The van der Waals surface area contributed by atoms with E-state index in [4.69, 9.17) is 11.6 Å². The van der Waals surface area contributed by atoms with Crippen molar-refractivity contribution >= 4 is 17.5 Å². The molecule has 4 heteroatoms. The van der Waals surface area contributed by atoms with Gasteiger partial charge in [-0.05, 0) is 39.8 Å². The third-order valence-electron chi connectivity index (χ3n) is 3.99. The van der Waals surface area contributed by atoms with Crippen LogP contribution in [0, 0.1) is 5.41 Å². The Kier molecular flexibility index (Phi) is 5.93. The minimum absolute atomic E-state index is 0.204. The lowest BCUT2D eigenvalue weighted by molar-refractivity contribution is -0.140. The summed E-state index contributed by atoms with van der Waals surface area (Å²) in [6.45, 7) is 12.2. The molecule has 0 unspecified atom stereocenters. The Labute approximate surface area is 116 Å². The van der Waals surface area contributed by atoms with E-state index in [-0.39, 0.29) is 5.91 Å². The Hall–Kier alpha value is -0.280. The molecule has 1 aliphatic rings. The predicted molar refractivity (Wildman–Crippen MR) is 77.0 cm³/mol. The SMILES string of the molecule is CCN(CC)C1CCN(C(=O)C(C)(C)CCl)CC1. The summed E-state index contributed by atoms with van der Waals surface area (Å²) in [5.74, 6) is 0.595. The Balaban J connectivity index is 2.51. The second kappa shape index (κ2) is 6.76. The number of likely N-dealkylation sites (tertiary alicyclic amines) is 1. The summed E-state index contributed by atoms with van der Waals surface area (Å²) in [6, 6.07) is 0.642. The van der Waals surface area contributed by atoms with Crippen LogP contribution in [0.1, 0.15) is 40.5 Å². The minimum atomic E-state index is -0.427. The average Bonchev–Trinajstić information content (AvgIpc) is 2.40. The van der Waals surface area contributed by atoms with Crippen molar-refractivity contribution in [3.05, 3.63) is 0 Å². The summed E-state index contributed by atoms with van der Waals surface area (Å²) in [4.78, 5) is 16.8. The molecule has 0 saturated carbocycles. The summed E-state index contributed by atoms with van der Waals surface area (Å²) in [6.07, 6.45) is 2.18. The van der Waals surface area contributed by atoms with Crippen LogP contribution in [0.15, 0.2) is 0 Å². The monoisotopic (exact) mass is 274 g/mol. The van der Waals surface area contributed by atoms with Gasteiger partial charge in [0, 0.05) is 25.0 Å². The van der Waals surface area contributed by atoms with Crippen LogP contribution in [0.2, 0.25) is 0 Å². The van der Waals surface area contributed by atoms with Crippen LogP contribution in [0.25, 0.3) is 0 Å². The molecule has 0 aromatic rings. The fraction of sp³-hybridized carbons (Fsp3) is 0.929. The smallest absolute Gasteiger partial charge is 0.229 e. The number of piperidine rings is 1. The minimum Gasteiger partial charge on any atom is -0.342 e. The molecule has 1 heterocycles. The number of amides is 1. The van der Waals surface area contributed by atoms with Crippen molar-refractivity contribution in [2.24, 2.45) is 5.41 Å². The van der Waals surface area contributed by atoms with E-state index < -0.39 is 5.41 Å². The molecule has 0 aromatic heterocycles. The molecule has 1 aliphatic heterocycles. The number of rotatable bonds is 5. The molecular formula is C14H27ClN2O. The maximum Gasteiger partial charge on any atom is 0.229 e. The first-order valence-electron chi connectivity index (χ1n) is 7.05. The summed E-state index contributed by atoms with van der Waals surface area (Å²) >= 11 is 5.88. The predicted octanol–water partition coefficient (Wildman–Crippen LogP) is 2.58. The van der Waals surface area contributed by atoms with Crippen LogP contribution >= 0.6 is 11.6 Å². The lowest BCUT2D eigenvalue weighted by Crippen LogP contribution is -2.50. The number of nitrogens with zero attached hydrogens (tertiary/aromatic N) is 2. The molecule has 0 atom stereocenters. The van der Waals surface area contributed by atoms with Crippen molar-refractivity contribution in [2.75, 3.05) is 32.1 Å². The Morgan fingerprint density at radius 3 is 2.17 bits per heavy atom. The van der Waals surface area contributed by atoms with Gasteiger partial charge in [0.25, 0.3) is 0 Å². The molecule has 0 radical (unpaired) electrons. The molecule has 0 N–H and O–H groups in total. The Morgan fingerprint density at radius 1 is 1.28 bits per heavy atom. The molecule has 106 valence electrons. The molecule has 1 fully saturated rings. The zero-order valence-electron chi connectivity index (χ0n) is 12.2. The van der Waals surface area contributed by atoms with Gasteiger partial charge in [0.2, 0.25) is 5.91 Å². The van der Waals surface area contributed by atoms with E-state index in [2.05, 4.69) is 18.7 Å². The summed E-state index contributed by atoms with van der Waals surface area (Å²) in [5, 5.41) is 0. The van der Waals surface area contributed by atoms with Gasteiger partial charge in [-0.3, -0.25) is 4.79 Å². The zero-order chi connectivity index (χ0) is 13.8. The fourth-order valence-electron chi connectivity index (χ4n) is 2.66. The van der Waals surface area contributed by atoms with Gasteiger partial charge >= 0.3 is 0 Å². The van der Waals surface area contributed by atoms with Crippen molar-refractivity contribution in [3.63, 3.8) is 0 Å². The quantitative estimate of drug-likeness (QED) is 0.720. The molecule has 0 spiro atoms. The number of halogens is 1. The lowest BCUT2D eigenvalue weighted by Gasteiger charge is -2.40. The van der Waals surface area contributed by atoms with E-state index in [1.54, 1.807) is 0 Å². The fourth-order valence-corrected chi connectivity index (χ4v) is 2.77. The van der Waals surface area contributed by atoms with Gasteiger partial charge in [-0.25, -0.2) is 0 Å². The van der Waals surface area contributed by atoms with E-state index >= 15 is 0 Å². The first-order valence-corrected chi connectivity index (χ1v) is 7.59. The number of hydrogen-bond acceptors (Lipinski definition) is 2. The number of alkyl halides is 1. The molecule has 0 bridgehead atoms. The molecule has 18 heavy (non-hydrogen) atoms. The van der Waals surface area contributed by atoms with Crippen molar-refractivity contribution < 1.29 is 4.79 Å². The van der Waals surface area contributed by atoms with Gasteiger partial charge in [-0.15, -0.1) is 11.6 Å². The van der Waals surface area contributed by atoms with Crippen LogP contribution in [0.5, 0.6) is 0 Å². The third-order valence-corrected chi connectivity index (χ3v) is 4.66. The first-order chi connectivity index (χ1) is 8.46. The van der Waals surface area contributed by atoms with Crippen molar-refractivity contribution in [1.29, 1.82) is 0 Å². The highest BCUT2D eigenvalue weighted by molar-refractivity contribution is 6.19. The van der Waals surface area contributed by atoms with E-state index in [1.807, 2.05) is 18.7 Å². The number of carbonyl (C=O) groups is 1. The average molecular weight is 275 g/mol. The van der Waals surface area contributed by atoms with Gasteiger partial charge in [0.15, 0.2) is 0 Å². The second-order valence-electron chi connectivity index (χ2n) is 5.76. The molecule has 0 aliphatic carbocycles. The highest BCUT2D eigenvalue weighted by Crippen LogP contribution is 2.24. The highest BCUT2D eigenvalue weighted by Gasteiger charge is 2.34. The summed E-state index contributed by atoms with van der Waals surface area (Å²) < 4.78 is 0. The van der Waals surface area contributed by atoms with Crippen LogP contribution in [-0.4, -0.2) is 53.8 Å². The van der Waals surface area contributed by atoms with Gasteiger partial charge in [0.05, 0.1) is 5.41 Å². The molecule has 0 aromatic carbocycles. The maximum absolute atomic E-state index is 12.3. The molecule has 1 amide bonds. The van der Waals surface area contributed by atoms with Crippen LogP contribution < -0.4 is 0 Å². The largest absolute Gasteiger partial charge is 0.342 e. The zero-order valence-corrected chi connectivity index (χ0v) is 13.0. The molecule has 3 nitrogen and oxygen atoms in total. The number of hydrogen-bond donors (Lipinski definition) is 0. The van der Waals surface area contributed by atoms with Gasteiger partial charge < -0.3 is 9.80 Å². The Morgan fingerprint density at radius 2 is 1.78 bits per heavy atom. The van der Waals surface area contributed by atoms with Gasteiger partial charge in [0.1, 0.15) is 0 Å². The van der Waals surface area contributed by atoms with E-state index in [1.165, 1.54) is 0 Å². The summed E-state index contributed by atoms with van der Waals surface area (Å²) in [5.41, 5.74) is -0.427. The first kappa shape index (κ1) is 15.8. The van der Waals surface area contributed by atoms with E-state index in [9.17, 15) is 4.79 Å². The van der Waals surface area contributed by atoms with Crippen molar-refractivity contribution in [1.82, 2.24) is 9.80 Å². The normalized spacial score (nSPS) is 18.4. The summed E-state index contributed by atoms with van der Waals surface area (Å²) in [7, 11) is 0. The maximum atomic E-state index is 12.3.